The molecule has 1 unspecified atom stereocenters. The predicted octanol–water partition coefficient (Wildman–Crippen LogP) is 2.62. The standard InChI is InChI=1S/C19H23N3O3/c1-12(21-17(23)15-8-9-15)10-13-4-6-14(7-5-13)16-11-20-19(25-3)22-18(16)24-2/h4-7,11-12,15H,8-10H2,1-3H3,(H,21,23). The van der Waals surface area contributed by atoms with E-state index in [0.29, 0.717) is 5.88 Å². The van der Waals surface area contributed by atoms with Gasteiger partial charge in [-0.1, -0.05) is 24.3 Å². The first kappa shape index (κ1) is 17.2. The lowest BCUT2D eigenvalue weighted by molar-refractivity contribution is -0.122. The van der Waals surface area contributed by atoms with Crippen LogP contribution < -0.4 is 14.8 Å². The molecule has 0 saturated heterocycles. The molecule has 1 N–H and O–H groups in total. The van der Waals surface area contributed by atoms with Gasteiger partial charge in [-0.15, -0.1) is 0 Å². The average molecular weight is 341 g/mol. The lowest BCUT2D eigenvalue weighted by Gasteiger charge is -2.14. The van der Waals surface area contributed by atoms with Crippen LogP contribution in [0.25, 0.3) is 11.1 Å². The molecule has 1 amide bonds. The number of nitrogens with one attached hydrogen (secondary N) is 1. The Balaban J connectivity index is 1.68. The molecule has 1 saturated carbocycles. The molecule has 6 heteroatoms. The van der Waals surface area contributed by atoms with Crippen LogP contribution in [0, 0.1) is 5.92 Å². The smallest absolute Gasteiger partial charge is 0.319 e. The van der Waals surface area contributed by atoms with E-state index in [1.54, 1.807) is 13.3 Å². The SMILES string of the molecule is COc1ncc(-c2ccc(CC(C)NC(=O)C3CC3)cc2)c(OC)n1. The van der Waals surface area contributed by atoms with Gasteiger partial charge in [-0.05, 0) is 37.3 Å². The van der Waals surface area contributed by atoms with E-state index in [2.05, 4.69) is 27.4 Å². The predicted molar refractivity (Wildman–Crippen MR) is 94.6 cm³/mol. The summed E-state index contributed by atoms with van der Waals surface area (Å²) in [5.41, 5.74) is 2.95. The van der Waals surface area contributed by atoms with Gasteiger partial charge in [0.1, 0.15) is 0 Å². The fraction of sp³-hybridized carbons (Fsp3) is 0.421. The molecule has 1 aromatic heterocycles. The number of carbonyl (C=O) groups is 1. The maximum atomic E-state index is 11.8. The summed E-state index contributed by atoms with van der Waals surface area (Å²) in [6.07, 6.45) is 4.55. The van der Waals surface area contributed by atoms with Gasteiger partial charge in [0, 0.05) is 18.2 Å². The van der Waals surface area contributed by atoms with Crippen LogP contribution in [0.3, 0.4) is 0 Å². The maximum absolute atomic E-state index is 11.8. The van der Waals surface area contributed by atoms with Crippen molar-refractivity contribution in [1.29, 1.82) is 0 Å². The van der Waals surface area contributed by atoms with Gasteiger partial charge >= 0.3 is 6.01 Å². The van der Waals surface area contributed by atoms with Gasteiger partial charge in [0.05, 0.1) is 19.8 Å². The molecule has 132 valence electrons. The molecule has 1 aliphatic carbocycles. The summed E-state index contributed by atoms with van der Waals surface area (Å²) >= 11 is 0. The van der Waals surface area contributed by atoms with Crippen LogP contribution >= 0.6 is 0 Å². The van der Waals surface area contributed by atoms with Gasteiger partial charge in [0.25, 0.3) is 0 Å². The lowest BCUT2D eigenvalue weighted by Crippen LogP contribution is -2.35. The fourth-order valence-corrected chi connectivity index (χ4v) is 2.73. The highest BCUT2D eigenvalue weighted by Crippen LogP contribution is 2.30. The highest BCUT2D eigenvalue weighted by Gasteiger charge is 2.30. The van der Waals surface area contributed by atoms with E-state index in [-0.39, 0.29) is 23.9 Å². The summed E-state index contributed by atoms with van der Waals surface area (Å²) in [4.78, 5) is 20.2. The van der Waals surface area contributed by atoms with Gasteiger partial charge < -0.3 is 14.8 Å². The number of hydrogen-bond donors (Lipinski definition) is 1. The van der Waals surface area contributed by atoms with Gasteiger partial charge in [-0.2, -0.15) is 4.98 Å². The Morgan fingerprint density at radius 3 is 2.56 bits per heavy atom. The van der Waals surface area contributed by atoms with Crippen LogP contribution in [-0.4, -0.2) is 36.1 Å². The van der Waals surface area contributed by atoms with E-state index in [9.17, 15) is 4.79 Å². The summed E-state index contributed by atoms with van der Waals surface area (Å²) in [6, 6.07) is 8.53. The lowest BCUT2D eigenvalue weighted by atomic mass is 10.0. The van der Waals surface area contributed by atoms with E-state index in [4.69, 9.17) is 9.47 Å². The van der Waals surface area contributed by atoms with Crippen molar-refractivity contribution in [1.82, 2.24) is 15.3 Å². The molecule has 1 aliphatic rings. The normalized spacial score (nSPS) is 14.7. The number of nitrogens with zero attached hydrogens (tertiary/aromatic N) is 2. The zero-order valence-corrected chi connectivity index (χ0v) is 14.8. The summed E-state index contributed by atoms with van der Waals surface area (Å²) in [6.45, 7) is 2.04. The molecule has 0 radical (unpaired) electrons. The molecule has 1 atom stereocenters. The molecule has 1 fully saturated rings. The molecule has 0 aliphatic heterocycles. The van der Waals surface area contributed by atoms with Crippen molar-refractivity contribution in [2.45, 2.75) is 32.2 Å². The van der Waals surface area contributed by atoms with Crippen molar-refractivity contribution in [3.8, 4) is 23.0 Å². The molecule has 6 nitrogen and oxygen atoms in total. The molecule has 0 spiro atoms. The molecule has 1 heterocycles. The third-order valence-corrected chi connectivity index (χ3v) is 4.25. The van der Waals surface area contributed by atoms with Crippen molar-refractivity contribution in [2.75, 3.05) is 14.2 Å². The zero-order chi connectivity index (χ0) is 17.8. The molecule has 2 aromatic rings. The Morgan fingerprint density at radius 1 is 1.24 bits per heavy atom. The number of amides is 1. The third kappa shape index (κ3) is 4.26. The van der Waals surface area contributed by atoms with E-state index >= 15 is 0 Å². The maximum Gasteiger partial charge on any atom is 0.319 e. The van der Waals surface area contributed by atoms with E-state index < -0.39 is 0 Å². The molecular formula is C19H23N3O3. The first-order valence-corrected chi connectivity index (χ1v) is 8.45. The minimum absolute atomic E-state index is 0.123. The number of rotatable bonds is 7. The highest BCUT2D eigenvalue weighted by atomic mass is 16.5. The number of methoxy groups -OCH3 is 2. The van der Waals surface area contributed by atoms with Crippen LogP contribution in [-0.2, 0) is 11.2 Å². The first-order chi connectivity index (χ1) is 12.1. The van der Waals surface area contributed by atoms with Crippen LogP contribution in [0.1, 0.15) is 25.3 Å². The minimum atomic E-state index is 0.123. The summed E-state index contributed by atoms with van der Waals surface area (Å²) in [5, 5.41) is 3.07. The van der Waals surface area contributed by atoms with Crippen molar-refractivity contribution < 1.29 is 14.3 Å². The highest BCUT2D eigenvalue weighted by molar-refractivity contribution is 5.81. The van der Waals surface area contributed by atoms with E-state index in [0.717, 1.165) is 30.4 Å². The fourth-order valence-electron chi connectivity index (χ4n) is 2.73. The van der Waals surface area contributed by atoms with E-state index in [1.165, 1.54) is 12.7 Å². The Morgan fingerprint density at radius 2 is 1.96 bits per heavy atom. The largest absolute Gasteiger partial charge is 0.480 e. The summed E-state index contributed by atoms with van der Waals surface area (Å²) < 4.78 is 10.4. The second-order valence-electron chi connectivity index (χ2n) is 6.36. The molecule has 25 heavy (non-hydrogen) atoms. The molecular weight excluding hydrogens is 318 g/mol. The van der Waals surface area contributed by atoms with Crippen molar-refractivity contribution in [3.63, 3.8) is 0 Å². The Kier molecular flexibility index (Phi) is 5.16. The third-order valence-electron chi connectivity index (χ3n) is 4.25. The molecule has 1 aromatic carbocycles. The quantitative estimate of drug-likeness (QED) is 0.838. The second kappa shape index (κ2) is 7.51. The van der Waals surface area contributed by atoms with Crippen LogP contribution in [0.15, 0.2) is 30.5 Å². The number of hydrogen-bond acceptors (Lipinski definition) is 5. The molecule has 0 bridgehead atoms. The Hall–Kier alpha value is -2.63. The Bertz CT molecular complexity index is 742. The monoisotopic (exact) mass is 341 g/mol. The van der Waals surface area contributed by atoms with Crippen LogP contribution in [0.4, 0.5) is 0 Å². The number of carbonyl (C=O) groups excluding carboxylic acids is 1. The van der Waals surface area contributed by atoms with Gasteiger partial charge in [-0.3, -0.25) is 4.79 Å². The van der Waals surface area contributed by atoms with Crippen LogP contribution in [0.2, 0.25) is 0 Å². The van der Waals surface area contributed by atoms with Crippen LogP contribution in [0.5, 0.6) is 11.9 Å². The Labute approximate surface area is 147 Å². The van der Waals surface area contributed by atoms with Gasteiger partial charge in [0.2, 0.25) is 11.8 Å². The summed E-state index contributed by atoms with van der Waals surface area (Å²) in [7, 11) is 3.09. The topological polar surface area (TPSA) is 73.3 Å². The first-order valence-electron chi connectivity index (χ1n) is 8.45. The van der Waals surface area contributed by atoms with Gasteiger partial charge in [0.15, 0.2) is 0 Å². The zero-order valence-electron chi connectivity index (χ0n) is 14.8. The van der Waals surface area contributed by atoms with Crippen molar-refractivity contribution >= 4 is 5.91 Å². The minimum Gasteiger partial charge on any atom is -0.480 e. The van der Waals surface area contributed by atoms with E-state index in [1.807, 2.05) is 19.1 Å². The number of ether oxygens (including phenoxy) is 2. The average Bonchev–Trinajstić information content (AvgIpc) is 3.47. The van der Waals surface area contributed by atoms with Crippen molar-refractivity contribution in [2.24, 2.45) is 5.92 Å². The van der Waals surface area contributed by atoms with Crippen molar-refractivity contribution in [3.05, 3.63) is 36.0 Å². The molecule has 3 rings (SSSR count). The number of aromatic nitrogens is 2. The number of benzene rings is 1. The summed E-state index contributed by atoms with van der Waals surface area (Å²) in [5.74, 6) is 0.904. The van der Waals surface area contributed by atoms with Gasteiger partial charge in [-0.25, -0.2) is 4.98 Å². The second-order valence-corrected chi connectivity index (χ2v) is 6.36.